The molecule has 0 aliphatic rings. The standard InChI is InChI=1S/C23H32O4/c1-7-24-17(3)26-21-15-11-9-13-19(21)23(5,6)20-14-10-12-16-22(20)27-18(4)25-8-2/h9-18H,7-8H2,1-6H3. The van der Waals surface area contributed by atoms with E-state index in [9.17, 15) is 0 Å². The summed E-state index contributed by atoms with van der Waals surface area (Å²) in [4.78, 5) is 0. The number of rotatable bonds is 10. The summed E-state index contributed by atoms with van der Waals surface area (Å²) in [6.45, 7) is 13.3. The van der Waals surface area contributed by atoms with Crippen LogP contribution >= 0.6 is 0 Å². The molecule has 0 radical (unpaired) electrons. The van der Waals surface area contributed by atoms with Crippen molar-refractivity contribution in [2.75, 3.05) is 13.2 Å². The molecule has 0 fully saturated rings. The lowest BCUT2D eigenvalue weighted by atomic mass is 9.77. The van der Waals surface area contributed by atoms with Crippen molar-refractivity contribution < 1.29 is 18.9 Å². The van der Waals surface area contributed by atoms with Crippen molar-refractivity contribution in [2.24, 2.45) is 0 Å². The molecule has 2 aromatic carbocycles. The van der Waals surface area contributed by atoms with Gasteiger partial charge in [-0.05, 0) is 39.8 Å². The van der Waals surface area contributed by atoms with Crippen LogP contribution in [0.25, 0.3) is 0 Å². The van der Waals surface area contributed by atoms with Crippen LogP contribution in [0.1, 0.15) is 52.7 Å². The highest BCUT2D eigenvalue weighted by molar-refractivity contribution is 5.50. The summed E-state index contributed by atoms with van der Waals surface area (Å²) in [5.41, 5.74) is 1.83. The number of hydrogen-bond donors (Lipinski definition) is 0. The predicted octanol–water partition coefficient (Wildman–Crippen LogP) is 5.54. The Balaban J connectivity index is 2.39. The molecule has 2 unspecified atom stereocenters. The normalized spacial score (nSPS) is 13.9. The smallest absolute Gasteiger partial charge is 0.196 e. The summed E-state index contributed by atoms with van der Waals surface area (Å²) in [7, 11) is 0. The molecule has 0 heterocycles. The summed E-state index contributed by atoms with van der Waals surface area (Å²) < 4.78 is 23.2. The molecule has 0 spiro atoms. The largest absolute Gasteiger partial charge is 0.465 e. The monoisotopic (exact) mass is 372 g/mol. The van der Waals surface area contributed by atoms with Crippen LogP contribution in [0.2, 0.25) is 0 Å². The Hall–Kier alpha value is -2.04. The molecule has 4 nitrogen and oxygen atoms in total. The second-order valence-electron chi connectivity index (χ2n) is 6.90. The third-order valence-electron chi connectivity index (χ3n) is 4.51. The minimum absolute atomic E-state index is 0.309. The lowest BCUT2D eigenvalue weighted by Gasteiger charge is -2.31. The van der Waals surface area contributed by atoms with Gasteiger partial charge >= 0.3 is 0 Å². The second kappa shape index (κ2) is 9.77. The Kier molecular flexibility index (Phi) is 7.69. The Morgan fingerprint density at radius 2 is 1.07 bits per heavy atom. The van der Waals surface area contributed by atoms with Crippen LogP contribution in [-0.4, -0.2) is 25.8 Å². The fourth-order valence-electron chi connectivity index (χ4n) is 3.21. The highest BCUT2D eigenvalue weighted by atomic mass is 16.7. The topological polar surface area (TPSA) is 36.9 Å². The van der Waals surface area contributed by atoms with Gasteiger partial charge in [0.05, 0.1) is 0 Å². The van der Waals surface area contributed by atoms with Crippen LogP contribution in [0, 0.1) is 0 Å². The molecule has 0 aliphatic heterocycles. The minimum atomic E-state index is -0.328. The van der Waals surface area contributed by atoms with Gasteiger partial charge in [-0.25, -0.2) is 0 Å². The highest BCUT2D eigenvalue weighted by Crippen LogP contribution is 2.41. The molecule has 2 aromatic rings. The van der Waals surface area contributed by atoms with Gasteiger partial charge in [0.15, 0.2) is 12.6 Å². The molecule has 2 atom stereocenters. The zero-order valence-corrected chi connectivity index (χ0v) is 17.3. The summed E-state index contributed by atoms with van der Waals surface area (Å²) in [5, 5.41) is 0. The fourth-order valence-corrected chi connectivity index (χ4v) is 3.21. The molecule has 27 heavy (non-hydrogen) atoms. The van der Waals surface area contributed by atoms with E-state index in [0.717, 1.165) is 22.6 Å². The minimum Gasteiger partial charge on any atom is -0.465 e. The van der Waals surface area contributed by atoms with Crippen molar-refractivity contribution in [3.63, 3.8) is 0 Å². The summed E-state index contributed by atoms with van der Waals surface area (Å²) in [5.74, 6) is 1.63. The molecule has 0 bridgehead atoms. The average Bonchev–Trinajstić information content (AvgIpc) is 2.62. The Morgan fingerprint density at radius 1 is 0.704 bits per heavy atom. The van der Waals surface area contributed by atoms with Crippen LogP contribution < -0.4 is 9.47 Å². The third-order valence-corrected chi connectivity index (χ3v) is 4.51. The Labute approximate surface area is 163 Å². The molecule has 0 saturated carbocycles. The van der Waals surface area contributed by atoms with Gasteiger partial charge in [0.1, 0.15) is 11.5 Å². The number of hydrogen-bond acceptors (Lipinski definition) is 4. The maximum Gasteiger partial charge on any atom is 0.196 e. The Bertz CT molecular complexity index is 652. The summed E-state index contributed by atoms with van der Waals surface area (Å²) in [6, 6.07) is 16.2. The van der Waals surface area contributed by atoms with Gasteiger partial charge in [0.2, 0.25) is 0 Å². The molecular formula is C23H32O4. The van der Waals surface area contributed by atoms with E-state index in [1.54, 1.807) is 0 Å². The molecule has 0 aromatic heterocycles. The molecular weight excluding hydrogens is 340 g/mol. The first-order chi connectivity index (χ1) is 12.9. The van der Waals surface area contributed by atoms with Crippen LogP contribution in [0.15, 0.2) is 48.5 Å². The zero-order valence-electron chi connectivity index (χ0n) is 17.3. The molecule has 148 valence electrons. The van der Waals surface area contributed by atoms with Gasteiger partial charge in [-0.1, -0.05) is 50.2 Å². The zero-order chi connectivity index (χ0) is 19.9. The second-order valence-corrected chi connectivity index (χ2v) is 6.90. The third kappa shape index (κ3) is 5.47. The van der Waals surface area contributed by atoms with E-state index in [2.05, 4.69) is 26.0 Å². The fraction of sp³-hybridized carbons (Fsp3) is 0.478. The highest BCUT2D eigenvalue weighted by Gasteiger charge is 2.30. The van der Waals surface area contributed by atoms with Crippen LogP contribution in [0.4, 0.5) is 0 Å². The quantitative estimate of drug-likeness (QED) is 0.514. The van der Waals surface area contributed by atoms with Gasteiger partial charge in [-0.3, -0.25) is 0 Å². The lowest BCUT2D eigenvalue weighted by molar-refractivity contribution is -0.0626. The lowest BCUT2D eigenvalue weighted by Crippen LogP contribution is -2.25. The van der Waals surface area contributed by atoms with E-state index < -0.39 is 0 Å². The number of ether oxygens (including phenoxy) is 4. The molecule has 0 N–H and O–H groups in total. The van der Waals surface area contributed by atoms with E-state index in [1.807, 2.05) is 64.1 Å². The van der Waals surface area contributed by atoms with E-state index in [0.29, 0.717) is 13.2 Å². The molecule has 4 heteroatoms. The van der Waals surface area contributed by atoms with Crippen molar-refractivity contribution in [3.8, 4) is 11.5 Å². The van der Waals surface area contributed by atoms with Crippen LogP contribution in [-0.2, 0) is 14.9 Å². The Morgan fingerprint density at radius 3 is 1.44 bits per heavy atom. The summed E-state index contributed by atoms with van der Waals surface area (Å²) >= 11 is 0. The van der Waals surface area contributed by atoms with Crippen LogP contribution in [0.5, 0.6) is 11.5 Å². The van der Waals surface area contributed by atoms with Crippen LogP contribution in [0.3, 0.4) is 0 Å². The van der Waals surface area contributed by atoms with Crippen molar-refractivity contribution >= 4 is 0 Å². The molecule has 0 saturated heterocycles. The van der Waals surface area contributed by atoms with Gasteiger partial charge in [0.25, 0.3) is 0 Å². The number of benzene rings is 2. The van der Waals surface area contributed by atoms with Crippen molar-refractivity contribution in [3.05, 3.63) is 59.7 Å². The SMILES string of the molecule is CCOC(C)Oc1ccccc1C(C)(C)c1ccccc1OC(C)OCC. The van der Waals surface area contributed by atoms with E-state index >= 15 is 0 Å². The van der Waals surface area contributed by atoms with Gasteiger partial charge in [-0.15, -0.1) is 0 Å². The summed E-state index contributed by atoms with van der Waals surface area (Å²) in [6.07, 6.45) is -0.618. The predicted molar refractivity (Wildman–Crippen MR) is 108 cm³/mol. The van der Waals surface area contributed by atoms with Crippen molar-refractivity contribution in [1.82, 2.24) is 0 Å². The van der Waals surface area contributed by atoms with Gasteiger partial charge in [0, 0.05) is 29.8 Å². The van der Waals surface area contributed by atoms with Crippen molar-refractivity contribution in [1.29, 1.82) is 0 Å². The number of para-hydroxylation sites is 2. The maximum absolute atomic E-state index is 6.07. The van der Waals surface area contributed by atoms with E-state index in [-0.39, 0.29) is 18.0 Å². The maximum atomic E-state index is 6.07. The molecule has 0 amide bonds. The first-order valence-corrected chi connectivity index (χ1v) is 9.65. The van der Waals surface area contributed by atoms with E-state index in [4.69, 9.17) is 18.9 Å². The van der Waals surface area contributed by atoms with Gasteiger partial charge < -0.3 is 18.9 Å². The first-order valence-electron chi connectivity index (χ1n) is 9.65. The van der Waals surface area contributed by atoms with E-state index in [1.165, 1.54) is 0 Å². The molecule has 2 rings (SSSR count). The molecule has 0 aliphatic carbocycles. The van der Waals surface area contributed by atoms with Crippen molar-refractivity contribution in [2.45, 2.75) is 59.5 Å². The first kappa shape index (κ1) is 21.3. The average molecular weight is 373 g/mol. The van der Waals surface area contributed by atoms with Gasteiger partial charge in [-0.2, -0.15) is 0 Å².